The summed E-state index contributed by atoms with van der Waals surface area (Å²) in [5, 5.41) is 8.85. The van der Waals surface area contributed by atoms with Crippen LogP contribution in [0.25, 0.3) is 0 Å². The molecule has 1 heterocycles. The summed E-state index contributed by atoms with van der Waals surface area (Å²) in [6.45, 7) is 0. The predicted octanol–water partition coefficient (Wildman–Crippen LogP) is 3.41. The Bertz CT molecular complexity index is 566. The third-order valence-electron chi connectivity index (χ3n) is 1.93. The first-order valence-corrected chi connectivity index (χ1v) is 5.32. The molecule has 0 radical (unpaired) electrons. The quantitative estimate of drug-likeness (QED) is 0.914. The highest BCUT2D eigenvalue weighted by molar-refractivity contribution is 7.99. The molecule has 0 unspecified atom stereocenters. The van der Waals surface area contributed by atoms with Gasteiger partial charge in [-0.05, 0) is 30.0 Å². The fourth-order valence-electron chi connectivity index (χ4n) is 1.15. The summed E-state index contributed by atoms with van der Waals surface area (Å²) in [4.78, 5) is 10.6. The van der Waals surface area contributed by atoms with Crippen molar-refractivity contribution < 1.29 is 23.1 Å². The number of benzene rings is 1. The number of carboxylic acids is 1. The summed E-state index contributed by atoms with van der Waals surface area (Å²) in [6, 6.07) is 4.27. The molecule has 88 valence electrons. The molecular weight excluding hydrogens is 250 g/mol. The van der Waals surface area contributed by atoms with Crippen molar-refractivity contribution in [1.29, 1.82) is 0 Å². The van der Waals surface area contributed by atoms with Crippen LogP contribution in [-0.4, -0.2) is 11.1 Å². The highest BCUT2D eigenvalue weighted by Crippen LogP contribution is 2.31. The molecule has 0 aliphatic carbocycles. The van der Waals surface area contributed by atoms with Crippen LogP contribution in [0, 0.1) is 11.6 Å². The number of furan rings is 1. The van der Waals surface area contributed by atoms with Crippen molar-refractivity contribution in [2.75, 3.05) is 0 Å². The Kier molecular flexibility index (Phi) is 3.14. The van der Waals surface area contributed by atoms with E-state index in [2.05, 4.69) is 0 Å². The van der Waals surface area contributed by atoms with Gasteiger partial charge in [0.05, 0.1) is 10.5 Å². The molecule has 6 heteroatoms. The lowest BCUT2D eigenvalue weighted by atomic mass is 10.3. The third-order valence-corrected chi connectivity index (χ3v) is 2.87. The molecule has 0 spiro atoms. The fourth-order valence-corrected chi connectivity index (χ4v) is 1.98. The zero-order valence-electron chi connectivity index (χ0n) is 8.31. The monoisotopic (exact) mass is 256 g/mol. The Morgan fingerprint density at radius 3 is 2.71 bits per heavy atom. The molecule has 17 heavy (non-hydrogen) atoms. The van der Waals surface area contributed by atoms with Crippen LogP contribution in [0.1, 0.15) is 10.4 Å². The number of aromatic carboxylic acids is 1. The van der Waals surface area contributed by atoms with E-state index in [1.807, 2.05) is 0 Å². The normalized spacial score (nSPS) is 10.5. The maximum Gasteiger partial charge on any atom is 0.339 e. The molecule has 0 bridgehead atoms. The third kappa shape index (κ3) is 2.65. The van der Waals surface area contributed by atoms with Gasteiger partial charge in [-0.2, -0.15) is 0 Å². The first-order valence-electron chi connectivity index (χ1n) is 4.51. The average Bonchev–Trinajstić information content (AvgIpc) is 2.72. The van der Waals surface area contributed by atoms with Gasteiger partial charge in [0.15, 0.2) is 5.09 Å². The molecule has 0 fully saturated rings. The average molecular weight is 256 g/mol. The van der Waals surface area contributed by atoms with Crippen LogP contribution in [0.4, 0.5) is 8.78 Å². The van der Waals surface area contributed by atoms with E-state index in [4.69, 9.17) is 9.52 Å². The number of halogens is 2. The molecule has 2 aromatic rings. The van der Waals surface area contributed by atoms with E-state index in [0.717, 1.165) is 36.2 Å². The van der Waals surface area contributed by atoms with Crippen molar-refractivity contribution in [3.8, 4) is 0 Å². The topological polar surface area (TPSA) is 50.4 Å². The lowest BCUT2D eigenvalue weighted by molar-refractivity contribution is 0.0696. The largest absolute Gasteiger partial charge is 0.478 e. The molecule has 1 N–H and O–H groups in total. The molecule has 0 aliphatic heterocycles. The van der Waals surface area contributed by atoms with Crippen LogP contribution in [0.3, 0.4) is 0 Å². The molecule has 3 nitrogen and oxygen atoms in total. The van der Waals surface area contributed by atoms with Crippen LogP contribution in [0.2, 0.25) is 0 Å². The summed E-state index contributed by atoms with van der Waals surface area (Å²) < 4.78 is 31.1. The van der Waals surface area contributed by atoms with Gasteiger partial charge in [0.25, 0.3) is 0 Å². The SMILES string of the molecule is O=C(O)c1coc(Sc2cc(F)ccc2F)c1. The smallest absolute Gasteiger partial charge is 0.339 e. The van der Waals surface area contributed by atoms with Gasteiger partial charge in [-0.25, -0.2) is 13.6 Å². The van der Waals surface area contributed by atoms with Crippen molar-refractivity contribution in [2.45, 2.75) is 9.99 Å². The number of rotatable bonds is 3. The number of carboxylic acid groups (broad SMARTS) is 1. The maximum absolute atomic E-state index is 13.3. The van der Waals surface area contributed by atoms with E-state index in [1.165, 1.54) is 6.07 Å². The molecule has 2 rings (SSSR count). The van der Waals surface area contributed by atoms with Crippen LogP contribution >= 0.6 is 11.8 Å². The minimum absolute atomic E-state index is 0.0377. The predicted molar refractivity (Wildman–Crippen MR) is 56.1 cm³/mol. The highest BCUT2D eigenvalue weighted by atomic mass is 32.2. The summed E-state index contributed by atoms with van der Waals surface area (Å²) >= 11 is 0.822. The summed E-state index contributed by atoms with van der Waals surface area (Å²) in [6.07, 6.45) is 1.04. The van der Waals surface area contributed by atoms with Crippen LogP contribution in [-0.2, 0) is 0 Å². The van der Waals surface area contributed by atoms with E-state index in [-0.39, 0.29) is 15.6 Å². The summed E-state index contributed by atoms with van der Waals surface area (Å²) in [7, 11) is 0. The lowest BCUT2D eigenvalue weighted by Gasteiger charge is -1.99. The van der Waals surface area contributed by atoms with Crippen molar-refractivity contribution in [3.63, 3.8) is 0 Å². The standard InChI is InChI=1S/C11H6F2O3S/c12-7-1-2-8(13)9(4-7)17-10-3-6(5-16-10)11(14)15/h1-5H,(H,14,15). The Hall–Kier alpha value is -1.82. The number of carbonyl (C=O) groups is 1. The summed E-state index contributed by atoms with van der Waals surface area (Å²) in [5.41, 5.74) is -0.0377. The van der Waals surface area contributed by atoms with Gasteiger partial charge in [-0.15, -0.1) is 0 Å². The number of hydrogen-bond donors (Lipinski definition) is 1. The van der Waals surface area contributed by atoms with E-state index in [9.17, 15) is 13.6 Å². The van der Waals surface area contributed by atoms with Gasteiger partial charge in [0.2, 0.25) is 0 Å². The Morgan fingerprint density at radius 2 is 2.06 bits per heavy atom. The van der Waals surface area contributed by atoms with Crippen LogP contribution in [0.15, 0.2) is 44.9 Å². The van der Waals surface area contributed by atoms with Gasteiger partial charge < -0.3 is 9.52 Å². The van der Waals surface area contributed by atoms with Gasteiger partial charge in [-0.3, -0.25) is 0 Å². The van der Waals surface area contributed by atoms with Crippen molar-refractivity contribution in [3.05, 3.63) is 47.7 Å². The molecule has 0 saturated carbocycles. The summed E-state index contributed by atoms with van der Waals surface area (Å²) in [5.74, 6) is -2.30. The van der Waals surface area contributed by atoms with E-state index < -0.39 is 17.6 Å². The first kappa shape index (κ1) is 11.7. The molecule has 0 amide bonds. The first-order chi connectivity index (χ1) is 8.06. The second kappa shape index (κ2) is 4.58. The zero-order chi connectivity index (χ0) is 12.4. The van der Waals surface area contributed by atoms with E-state index >= 15 is 0 Å². The second-order valence-electron chi connectivity index (χ2n) is 3.14. The molecular formula is C11H6F2O3S. The van der Waals surface area contributed by atoms with Crippen LogP contribution in [0.5, 0.6) is 0 Å². The maximum atomic E-state index is 13.3. The Labute approximate surface area is 99.1 Å². The Morgan fingerprint density at radius 1 is 1.29 bits per heavy atom. The van der Waals surface area contributed by atoms with E-state index in [0.29, 0.717) is 0 Å². The lowest BCUT2D eigenvalue weighted by Crippen LogP contribution is -1.91. The fraction of sp³-hybridized carbons (Fsp3) is 0. The van der Waals surface area contributed by atoms with Gasteiger partial charge in [0, 0.05) is 6.07 Å². The Balaban J connectivity index is 2.25. The van der Waals surface area contributed by atoms with Crippen molar-refractivity contribution in [2.24, 2.45) is 0 Å². The highest BCUT2D eigenvalue weighted by Gasteiger charge is 2.12. The van der Waals surface area contributed by atoms with Gasteiger partial charge >= 0.3 is 5.97 Å². The molecule has 0 atom stereocenters. The van der Waals surface area contributed by atoms with Crippen LogP contribution < -0.4 is 0 Å². The minimum Gasteiger partial charge on any atom is -0.478 e. The second-order valence-corrected chi connectivity index (χ2v) is 4.18. The number of hydrogen-bond acceptors (Lipinski definition) is 3. The van der Waals surface area contributed by atoms with Crippen molar-refractivity contribution in [1.82, 2.24) is 0 Å². The van der Waals surface area contributed by atoms with Gasteiger partial charge in [-0.1, -0.05) is 0 Å². The molecule has 1 aromatic heterocycles. The van der Waals surface area contributed by atoms with Crippen molar-refractivity contribution >= 4 is 17.7 Å². The molecule has 1 aromatic carbocycles. The minimum atomic E-state index is -1.14. The molecule has 0 saturated heterocycles. The van der Waals surface area contributed by atoms with Gasteiger partial charge in [0.1, 0.15) is 17.9 Å². The molecule has 0 aliphatic rings. The zero-order valence-corrected chi connectivity index (χ0v) is 9.13. The van der Waals surface area contributed by atoms with E-state index in [1.54, 1.807) is 0 Å².